The second kappa shape index (κ2) is 8.75. The minimum atomic E-state index is -3.67. The summed E-state index contributed by atoms with van der Waals surface area (Å²) in [7, 11) is -3.67. The molecule has 6 atom stereocenters. The summed E-state index contributed by atoms with van der Waals surface area (Å²) in [4.78, 5) is 14.3. The number of hydrazone groups is 1. The van der Waals surface area contributed by atoms with Crippen molar-refractivity contribution in [3.8, 4) is 0 Å². The summed E-state index contributed by atoms with van der Waals surface area (Å²) >= 11 is 0. The fourth-order valence-electron chi connectivity index (χ4n) is 7.82. The quantitative estimate of drug-likeness (QED) is 0.336. The molecule has 1 aromatic carbocycles. The summed E-state index contributed by atoms with van der Waals surface area (Å²) < 4.78 is 31.2. The second-order valence-electron chi connectivity index (χ2n) is 11.7. The Hall–Kier alpha value is -2.15. The smallest absolute Gasteiger partial charge is 0.302 e. The Kier molecular flexibility index (Phi) is 6.14. The van der Waals surface area contributed by atoms with Gasteiger partial charge in [-0.25, -0.2) is 4.83 Å². The van der Waals surface area contributed by atoms with Gasteiger partial charge >= 0.3 is 5.97 Å². The molecule has 7 heteroatoms. The van der Waals surface area contributed by atoms with E-state index in [-0.39, 0.29) is 27.8 Å². The highest BCUT2D eigenvalue weighted by atomic mass is 32.2. The first-order chi connectivity index (χ1) is 16.5. The third-order valence-corrected chi connectivity index (χ3v) is 11.0. The van der Waals surface area contributed by atoms with Crippen molar-refractivity contribution in [2.24, 2.45) is 33.7 Å². The van der Waals surface area contributed by atoms with Crippen molar-refractivity contribution in [1.82, 2.24) is 4.83 Å². The van der Waals surface area contributed by atoms with Crippen LogP contribution in [0.15, 0.2) is 45.9 Å². The molecule has 3 fully saturated rings. The average molecular weight is 499 g/mol. The number of fused-ring (bicyclic) bond motifs is 5. The molecule has 0 amide bonds. The molecule has 6 nitrogen and oxygen atoms in total. The molecule has 0 spiro atoms. The second-order valence-corrected chi connectivity index (χ2v) is 13.4. The number of rotatable bonds is 4. The van der Waals surface area contributed by atoms with E-state index in [4.69, 9.17) is 4.74 Å². The molecule has 4 aliphatic carbocycles. The van der Waals surface area contributed by atoms with E-state index in [1.807, 2.05) is 6.92 Å². The number of hydrogen-bond donors (Lipinski definition) is 1. The van der Waals surface area contributed by atoms with Crippen molar-refractivity contribution in [2.75, 3.05) is 0 Å². The van der Waals surface area contributed by atoms with Gasteiger partial charge in [0.25, 0.3) is 10.0 Å². The topological polar surface area (TPSA) is 84.8 Å². The van der Waals surface area contributed by atoms with Gasteiger partial charge in [0.05, 0.1) is 4.90 Å². The normalized spacial score (nSPS) is 37.6. The predicted octanol–water partition coefficient (Wildman–Crippen LogP) is 5.52. The highest BCUT2D eigenvalue weighted by Gasteiger charge is 2.58. The molecule has 5 rings (SSSR count). The summed E-state index contributed by atoms with van der Waals surface area (Å²) in [5.74, 6) is 1.55. The molecule has 0 heterocycles. The Balaban J connectivity index is 1.34. The number of allylic oxidation sites excluding steroid dienone is 1. The van der Waals surface area contributed by atoms with Crippen LogP contribution in [0, 0.1) is 35.5 Å². The number of aryl methyl sites for hydroxylation is 1. The number of esters is 1. The zero-order valence-electron chi connectivity index (χ0n) is 21.3. The summed E-state index contributed by atoms with van der Waals surface area (Å²) in [6, 6.07) is 6.87. The van der Waals surface area contributed by atoms with Crippen LogP contribution in [0.2, 0.25) is 0 Å². The molecule has 0 saturated heterocycles. The number of sulfonamides is 1. The van der Waals surface area contributed by atoms with E-state index in [0.29, 0.717) is 17.8 Å². The molecule has 35 heavy (non-hydrogen) atoms. The number of nitrogens with zero attached hydrogens (tertiary/aromatic N) is 1. The maximum Gasteiger partial charge on any atom is 0.302 e. The van der Waals surface area contributed by atoms with E-state index >= 15 is 0 Å². The summed E-state index contributed by atoms with van der Waals surface area (Å²) in [6.45, 7) is 8.18. The largest absolute Gasteiger partial charge is 0.462 e. The molecule has 0 radical (unpaired) electrons. The van der Waals surface area contributed by atoms with Gasteiger partial charge in [-0.15, -0.1) is 0 Å². The standard InChI is InChI=1S/C28H38N2O4S/c1-18-5-8-22(9-6-18)35(32,33)30-29-26-12-11-24-23-10-7-20-17-21(34-19(2)31)13-15-27(20,3)25(23)14-16-28(24,26)4/h5-9,21,23-25,30H,10-17H2,1-4H3/t21?,23-,24-,25-,27-,28-/m0/s1. The number of hydrogen-bond acceptors (Lipinski definition) is 5. The molecular formula is C28H38N2O4S. The molecule has 0 aliphatic heterocycles. The summed E-state index contributed by atoms with van der Waals surface area (Å²) in [5, 5.41) is 4.54. The third kappa shape index (κ3) is 4.24. The maximum absolute atomic E-state index is 12.8. The van der Waals surface area contributed by atoms with Crippen LogP contribution in [0.25, 0.3) is 0 Å². The molecular weight excluding hydrogens is 460 g/mol. The fraction of sp³-hybridized carbons (Fsp3) is 0.643. The van der Waals surface area contributed by atoms with Gasteiger partial charge < -0.3 is 4.74 Å². The zero-order valence-corrected chi connectivity index (χ0v) is 22.2. The number of benzene rings is 1. The Bertz CT molecular complexity index is 1170. The van der Waals surface area contributed by atoms with Crippen LogP contribution in [0.1, 0.15) is 77.7 Å². The first-order valence-electron chi connectivity index (χ1n) is 13.1. The number of carbonyl (C=O) groups is 1. The van der Waals surface area contributed by atoms with Crippen LogP contribution < -0.4 is 4.83 Å². The van der Waals surface area contributed by atoms with Crippen molar-refractivity contribution >= 4 is 21.7 Å². The summed E-state index contributed by atoms with van der Waals surface area (Å²) in [6.07, 6.45) is 10.5. The first-order valence-corrected chi connectivity index (χ1v) is 14.5. The van der Waals surface area contributed by atoms with Crippen LogP contribution in [-0.4, -0.2) is 26.2 Å². The minimum absolute atomic E-state index is 0.0176. The van der Waals surface area contributed by atoms with Crippen LogP contribution in [0.3, 0.4) is 0 Å². The van der Waals surface area contributed by atoms with E-state index in [1.54, 1.807) is 24.3 Å². The van der Waals surface area contributed by atoms with E-state index in [1.165, 1.54) is 12.5 Å². The third-order valence-electron chi connectivity index (χ3n) is 9.76. The van der Waals surface area contributed by atoms with Crippen molar-refractivity contribution in [1.29, 1.82) is 0 Å². The molecule has 1 unspecified atom stereocenters. The van der Waals surface area contributed by atoms with Gasteiger partial charge in [-0.1, -0.05) is 43.2 Å². The maximum atomic E-state index is 12.8. The van der Waals surface area contributed by atoms with Gasteiger partial charge in [0.2, 0.25) is 0 Å². The van der Waals surface area contributed by atoms with Crippen LogP contribution >= 0.6 is 0 Å². The van der Waals surface area contributed by atoms with E-state index in [0.717, 1.165) is 62.6 Å². The predicted molar refractivity (Wildman–Crippen MR) is 136 cm³/mol. The van der Waals surface area contributed by atoms with Gasteiger partial charge in [-0.2, -0.15) is 13.5 Å². The molecule has 3 saturated carbocycles. The van der Waals surface area contributed by atoms with E-state index in [2.05, 4.69) is 29.9 Å². The van der Waals surface area contributed by atoms with Gasteiger partial charge in [-0.05, 0) is 87.2 Å². The van der Waals surface area contributed by atoms with Crippen molar-refractivity contribution < 1.29 is 17.9 Å². The van der Waals surface area contributed by atoms with Gasteiger partial charge in [0, 0.05) is 24.5 Å². The molecule has 190 valence electrons. The number of ether oxygens (including phenoxy) is 1. The lowest BCUT2D eigenvalue weighted by Gasteiger charge is -2.57. The van der Waals surface area contributed by atoms with E-state index < -0.39 is 10.0 Å². The summed E-state index contributed by atoms with van der Waals surface area (Å²) in [5.41, 5.74) is 3.63. The number of nitrogens with one attached hydrogen (secondary N) is 1. The first kappa shape index (κ1) is 24.5. The van der Waals surface area contributed by atoms with Crippen LogP contribution in [-0.2, 0) is 19.6 Å². The highest BCUT2D eigenvalue weighted by Crippen LogP contribution is 2.64. The van der Waals surface area contributed by atoms with Crippen molar-refractivity contribution in [3.63, 3.8) is 0 Å². The molecule has 4 aliphatic rings. The molecule has 0 bridgehead atoms. The van der Waals surface area contributed by atoms with Crippen molar-refractivity contribution in [3.05, 3.63) is 41.5 Å². The monoisotopic (exact) mass is 498 g/mol. The van der Waals surface area contributed by atoms with Crippen molar-refractivity contribution in [2.45, 2.75) is 90.1 Å². The minimum Gasteiger partial charge on any atom is -0.462 e. The van der Waals surface area contributed by atoms with Crippen LogP contribution in [0.5, 0.6) is 0 Å². The Morgan fingerprint density at radius 2 is 1.74 bits per heavy atom. The lowest BCUT2D eigenvalue weighted by molar-refractivity contribution is -0.148. The van der Waals surface area contributed by atoms with Gasteiger partial charge in [0.15, 0.2) is 0 Å². The lowest BCUT2D eigenvalue weighted by atomic mass is 9.48. The zero-order chi connectivity index (χ0) is 25.0. The van der Waals surface area contributed by atoms with E-state index in [9.17, 15) is 13.2 Å². The molecule has 1 aromatic rings. The highest BCUT2D eigenvalue weighted by molar-refractivity contribution is 7.89. The SMILES string of the molecule is CC(=O)OC1CC[C@@]2(C)C(=CC[C@@H]3[C@@H]2CC[C@]2(C)C(=NNS(=O)(=O)c4ccc(C)cc4)CC[C@@H]32)C1. The molecule has 0 aromatic heterocycles. The Morgan fingerprint density at radius 3 is 2.46 bits per heavy atom. The van der Waals surface area contributed by atoms with Gasteiger partial charge in [-0.3, -0.25) is 4.79 Å². The fourth-order valence-corrected chi connectivity index (χ4v) is 8.65. The molecule has 1 N–H and O–H groups in total. The number of carbonyl (C=O) groups excluding carboxylic acids is 1. The Morgan fingerprint density at radius 1 is 1.06 bits per heavy atom. The van der Waals surface area contributed by atoms with Crippen LogP contribution in [0.4, 0.5) is 0 Å². The average Bonchev–Trinajstić information content (AvgIpc) is 3.14. The lowest BCUT2D eigenvalue weighted by Crippen LogP contribution is -2.50. The Labute approximate surface area is 209 Å². The van der Waals surface area contributed by atoms with Gasteiger partial charge in [0.1, 0.15) is 6.10 Å².